The smallest absolute Gasteiger partial charge is 0.426 e. The van der Waals surface area contributed by atoms with E-state index in [4.69, 9.17) is 0 Å². The first-order chi connectivity index (χ1) is 10.9. The topological polar surface area (TPSA) is 105 Å². The summed E-state index contributed by atoms with van der Waals surface area (Å²) in [6.45, 7) is 6.05. The van der Waals surface area contributed by atoms with Gasteiger partial charge in [0.2, 0.25) is 10.0 Å². The molecule has 0 aliphatic carbocycles. The van der Waals surface area contributed by atoms with Gasteiger partial charge in [-0.3, -0.25) is 10.2 Å². The van der Waals surface area contributed by atoms with Gasteiger partial charge >= 0.3 is 6.09 Å². The van der Waals surface area contributed by atoms with Gasteiger partial charge in [0.25, 0.3) is 5.91 Å². The summed E-state index contributed by atoms with van der Waals surface area (Å²) in [5, 5.41) is 0. The third-order valence-electron chi connectivity index (χ3n) is 3.01. The lowest BCUT2D eigenvalue weighted by Crippen LogP contribution is -2.41. The molecule has 2 amide bonds. The molecular weight excluding hydrogens is 322 g/mol. The maximum Gasteiger partial charge on any atom is 0.426 e. The average molecular weight is 343 g/mol. The van der Waals surface area contributed by atoms with Crippen LogP contribution in [0.25, 0.3) is 0 Å². The molecule has 0 aliphatic heterocycles. The van der Waals surface area contributed by atoms with Crippen molar-refractivity contribution >= 4 is 22.0 Å². The number of hydrogen-bond acceptors (Lipinski definition) is 5. The molecule has 23 heavy (non-hydrogen) atoms. The van der Waals surface area contributed by atoms with Gasteiger partial charge in [0.15, 0.2) is 0 Å². The summed E-state index contributed by atoms with van der Waals surface area (Å²) in [5.74, 6) is -0.579. The van der Waals surface area contributed by atoms with Crippen LogP contribution >= 0.6 is 0 Å². The number of rotatable bonds is 6. The molecule has 128 valence electrons. The number of nitrogens with zero attached hydrogens (tertiary/aromatic N) is 1. The Kier molecular flexibility index (Phi) is 6.98. The fourth-order valence-corrected chi connectivity index (χ4v) is 3.30. The molecule has 8 nitrogen and oxygen atoms in total. The van der Waals surface area contributed by atoms with Gasteiger partial charge in [0.1, 0.15) is 0 Å². The predicted octanol–water partition coefficient (Wildman–Crippen LogP) is 1.11. The standard InChI is InChI=1S/C14H21N3O5S/c1-4-17(5-2)23(20,21)12-9-7-11(8-10-12)13(18)15-16-14(19)22-6-3/h7-10H,4-6H2,1-3H3,(H,15,18)(H,16,19). The van der Waals surface area contributed by atoms with E-state index >= 15 is 0 Å². The summed E-state index contributed by atoms with van der Waals surface area (Å²) >= 11 is 0. The Hall–Kier alpha value is -2.13. The highest BCUT2D eigenvalue weighted by Crippen LogP contribution is 2.16. The van der Waals surface area contributed by atoms with Crippen LogP contribution in [0.5, 0.6) is 0 Å². The quantitative estimate of drug-likeness (QED) is 0.753. The number of amides is 2. The van der Waals surface area contributed by atoms with E-state index in [-0.39, 0.29) is 17.1 Å². The Labute approximate surface area is 135 Å². The highest BCUT2D eigenvalue weighted by Gasteiger charge is 2.21. The lowest BCUT2D eigenvalue weighted by molar-refractivity contribution is 0.0912. The number of carbonyl (C=O) groups is 2. The van der Waals surface area contributed by atoms with Crippen LogP contribution < -0.4 is 10.9 Å². The van der Waals surface area contributed by atoms with Crippen LogP contribution in [0, 0.1) is 0 Å². The number of sulfonamides is 1. The molecular formula is C14H21N3O5S. The first kappa shape index (κ1) is 18.9. The zero-order valence-electron chi connectivity index (χ0n) is 13.3. The molecule has 0 aromatic heterocycles. The lowest BCUT2D eigenvalue weighted by Gasteiger charge is -2.18. The van der Waals surface area contributed by atoms with Crippen molar-refractivity contribution in [1.82, 2.24) is 15.2 Å². The molecule has 1 aromatic carbocycles. The van der Waals surface area contributed by atoms with Crippen molar-refractivity contribution in [3.05, 3.63) is 29.8 Å². The molecule has 9 heteroatoms. The lowest BCUT2D eigenvalue weighted by atomic mass is 10.2. The van der Waals surface area contributed by atoms with Crippen LogP contribution in [0.1, 0.15) is 31.1 Å². The molecule has 2 N–H and O–H groups in total. The second-order valence-electron chi connectivity index (χ2n) is 4.41. The van der Waals surface area contributed by atoms with Crippen LogP contribution in [0.3, 0.4) is 0 Å². The van der Waals surface area contributed by atoms with Gasteiger partial charge in [-0.05, 0) is 31.2 Å². The van der Waals surface area contributed by atoms with E-state index < -0.39 is 22.0 Å². The molecule has 0 bridgehead atoms. The predicted molar refractivity (Wildman–Crippen MR) is 84.2 cm³/mol. The molecule has 0 fully saturated rings. The summed E-state index contributed by atoms with van der Waals surface area (Å²) in [7, 11) is -3.56. The highest BCUT2D eigenvalue weighted by molar-refractivity contribution is 7.89. The van der Waals surface area contributed by atoms with E-state index in [9.17, 15) is 18.0 Å². The fourth-order valence-electron chi connectivity index (χ4n) is 1.84. The second-order valence-corrected chi connectivity index (χ2v) is 6.35. The highest BCUT2D eigenvalue weighted by atomic mass is 32.2. The maximum absolute atomic E-state index is 12.3. The SMILES string of the molecule is CCOC(=O)NNC(=O)c1ccc(S(=O)(=O)N(CC)CC)cc1. The normalized spacial score (nSPS) is 11.1. The number of nitrogens with one attached hydrogen (secondary N) is 2. The van der Waals surface area contributed by atoms with Crippen molar-refractivity contribution in [3.8, 4) is 0 Å². The van der Waals surface area contributed by atoms with Crippen LogP contribution in [0.4, 0.5) is 4.79 Å². The van der Waals surface area contributed by atoms with Gasteiger partial charge in [-0.2, -0.15) is 4.31 Å². The first-order valence-electron chi connectivity index (χ1n) is 7.20. The van der Waals surface area contributed by atoms with E-state index in [1.54, 1.807) is 20.8 Å². The van der Waals surface area contributed by atoms with Gasteiger partial charge in [-0.15, -0.1) is 0 Å². The molecule has 0 heterocycles. The van der Waals surface area contributed by atoms with Crippen LogP contribution in [-0.2, 0) is 14.8 Å². The third kappa shape index (κ3) is 4.93. The molecule has 0 aliphatic rings. The summed E-state index contributed by atoms with van der Waals surface area (Å²) in [6.07, 6.45) is -0.776. The van der Waals surface area contributed by atoms with E-state index in [0.29, 0.717) is 13.1 Å². The van der Waals surface area contributed by atoms with Crippen molar-refractivity contribution in [2.75, 3.05) is 19.7 Å². The minimum Gasteiger partial charge on any atom is -0.449 e. The Morgan fingerprint density at radius 2 is 1.61 bits per heavy atom. The van der Waals surface area contributed by atoms with Gasteiger partial charge < -0.3 is 4.74 Å². The van der Waals surface area contributed by atoms with Crippen molar-refractivity contribution in [2.24, 2.45) is 0 Å². The molecule has 0 saturated heterocycles. The molecule has 0 spiro atoms. The number of hydrazine groups is 1. The second kappa shape index (κ2) is 8.49. The minimum absolute atomic E-state index is 0.108. The van der Waals surface area contributed by atoms with E-state index in [2.05, 4.69) is 15.6 Å². The largest absolute Gasteiger partial charge is 0.449 e. The number of benzene rings is 1. The molecule has 0 atom stereocenters. The van der Waals surface area contributed by atoms with Crippen molar-refractivity contribution in [3.63, 3.8) is 0 Å². The molecule has 0 radical (unpaired) electrons. The van der Waals surface area contributed by atoms with E-state index in [1.165, 1.54) is 28.6 Å². The van der Waals surface area contributed by atoms with Gasteiger partial charge in [-0.1, -0.05) is 13.8 Å². The summed E-state index contributed by atoms with van der Waals surface area (Å²) in [4.78, 5) is 23.0. The van der Waals surface area contributed by atoms with Crippen molar-refractivity contribution in [1.29, 1.82) is 0 Å². The number of hydrogen-bond donors (Lipinski definition) is 2. The number of ether oxygens (including phenoxy) is 1. The van der Waals surface area contributed by atoms with Gasteiger partial charge in [0.05, 0.1) is 11.5 Å². The maximum atomic E-state index is 12.3. The van der Waals surface area contributed by atoms with E-state index in [0.717, 1.165) is 0 Å². The summed E-state index contributed by atoms with van der Waals surface area (Å²) < 4.78 is 30.5. The first-order valence-corrected chi connectivity index (χ1v) is 8.64. The van der Waals surface area contributed by atoms with Crippen molar-refractivity contribution in [2.45, 2.75) is 25.7 Å². The van der Waals surface area contributed by atoms with Gasteiger partial charge in [-0.25, -0.2) is 18.6 Å². The van der Waals surface area contributed by atoms with E-state index in [1.807, 2.05) is 0 Å². The Morgan fingerprint density at radius 1 is 1.04 bits per heavy atom. The Bertz CT molecular complexity index is 639. The minimum atomic E-state index is -3.56. The Balaban J connectivity index is 2.80. The molecule has 1 rings (SSSR count). The summed E-state index contributed by atoms with van der Waals surface area (Å²) in [6, 6.07) is 5.46. The zero-order valence-corrected chi connectivity index (χ0v) is 14.1. The summed E-state index contributed by atoms with van der Waals surface area (Å²) in [5.41, 5.74) is 4.45. The third-order valence-corrected chi connectivity index (χ3v) is 5.08. The molecule has 0 saturated carbocycles. The molecule has 0 unspecified atom stereocenters. The van der Waals surface area contributed by atoms with Crippen LogP contribution in [0.2, 0.25) is 0 Å². The average Bonchev–Trinajstić information content (AvgIpc) is 2.54. The molecule has 1 aromatic rings. The zero-order chi connectivity index (χ0) is 17.5. The van der Waals surface area contributed by atoms with Gasteiger partial charge in [0, 0.05) is 18.7 Å². The van der Waals surface area contributed by atoms with Crippen LogP contribution in [-0.4, -0.2) is 44.4 Å². The van der Waals surface area contributed by atoms with Crippen molar-refractivity contribution < 1.29 is 22.7 Å². The Morgan fingerprint density at radius 3 is 2.09 bits per heavy atom. The monoisotopic (exact) mass is 343 g/mol. The van der Waals surface area contributed by atoms with Crippen LogP contribution in [0.15, 0.2) is 29.2 Å². The fraction of sp³-hybridized carbons (Fsp3) is 0.429. The number of carbonyl (C=O) groups excluding carboxylic acids is 2.